The number of amidine groups is 1. The molecule has 0 spiro atoms. The first kappa shape index (κ1) is 22.3. The normalized spacial score (nSPS) is 14.6. The molecular formula is C23H21N4O5S+. The summed E-state index contributed by atoms with van der Waals surface area (Å²) in [5, 5.41) is 2.66. The molecule has 0 radical (unpaired) electrons. The Morgan fingerprint density at radius 1 is 1.18 bits per heavy atom. The molecule has 0 fully saturated rings. The standard InChI is InChI=1S/C23H20N4O5S/c1-3-31-19-12-8-7-9-15(19)13-17-21(29)27(16-10-5-4-6-11-16)23(24-17)33-14-18(28)20-22(30)32-25-26(20)2/h4-13H,3,14H2,1-2H3/p+1/b17-13+. The van der Waals surface area contributed by atoms with E-state index in [1.165, 1.54) is 16.6 Å². The van der Waals surface area contributed by atoms with Gasteiger partial charge in [-0.3, -0.25) is 19.0 Å². The zero-order valence-corrected chi connectivity index (χ0v) is 18.8. The molecule has 10 heteroatoms. The number of Topliss-reactive ketones (excluding diaryl/α,β-unsaturated/α-hetero) is 1. The Morgan fingerprint density at radius 2 is 1.91 bits per heavy atom. The van der Waals surface area contributed by atoms with Crippen molar-refractivity contribution in [3.8, 4) is 5.75 Å². The number of amides is 1. The van der Waals surface area contributed by atoms with Crippen LogP contribution in [0.2, 0.25) is 0 Å². The van der Waals surface area contributed by atoms with Crippen LogP contribution in [0.4, 0.5) is 5.69 Å². The lowest BCUT2D eigenvalue weighted by Crippen LogP contribution is -2.40. The number of anilines is 1. The largest absolute Gasteiger partial charge is 0.493 e. The van der Waals surface area contributed by atoms with E-state index in [2.05, 4.69) is 14.8 Å². The quantitative estimate of drug-likeness (QED) is 0.326. The van der Waals surface area contributed by atoms with Crippen LogP contribution in [0.1, 0.15) is 23.0 Å². The van der Waals surface area contributed by atoms with Crippen molar-refractivity contribution in [2.75, 3.05) is 17.3 Å². The summed E-state index contributed by atoms with van der Waals surface area (Å²) in [7, 11) is 1.51. The van der Waals surface area contributed by atoms with Crippen LogP contribution in [-0.2, 0) is 11.8 Å². The molecule has 33 heavy (non-hydrogen) atoms. The zero-order valence-electron chi connectivity index (χ0n) is 18.0. The first-order chi connectivity index (χ1) is 16.0. The predicted molar refractivity (Wildman–Crippen MR) is 124 cm³/mol. The van der Waals surface area contributed by atoms with Gasteiger partial charge in [0.1, 0.15) is 11.4 Å². The summed E-state index contributed by atoms with van der Waals surface area (Å²) in [4.78, 5) is 43.7. The number of ether oxygens (including phenoxy) is 1. The molecule has 4 rings (SSSR count). The Morgan fingerprint density at radius 3 is 2.61 bits per heavy atom. The number of nitrogens with zero attached hydrogens (tertiary/aromatic N) is 3. The van der Waals surface area contributed by atoms with E-state index in [9.17, 15) is 14.4 Å². The number of ketones is 1. The van der Waals surface area contributed by atoms with Gasteiger partial charge in [0.25, 0.3) is 5.91 Å². The van der Waals surface area contributed by atoms with Crippen LogP contribution in [0.5, 0.6) is 5.75 Å². The molecule has 0 aliphatic carbocycles. The van der Waals surface area contributed by atoms with Crippen molar-refractivity contribution in [2.24, 2.45) is 12.0 Å². The summed E-state index contributed by atoms with van der Waals surface area (Å²) in [6.45, 7) is 2.37. The van der Waals surface area contributed by atoms with Gasteiger partial charge in [-0.25, -0.2) is 9.79 Å². The highest BCUT2D eigenvalue weighted by Gasteiger charge is 2.34. The molecule has 1 aliphatic heterocycles. The molecule has 9 nitrogen and oxygen atoms in total. The number of aryl methyl sites for hydroxylation is 1. The van der Waals surface area contributed by atoms with Crippen LogP contribution in [0.15, 0.2) is 74.6 Å². The number of carbonyl (C=O) groups is 2. The maximum atomic E-state index is 13.3. The minimum atomic E-state index is -0.749. The molecule has 1 aliphatic rings. The maximum absolute atomic E-state index is 13.3. The zero-order chi connectivity index (χ0) is 23.4. The van der Waals surface area contributed by atoms with Gasteiger partial charge in [0.15, 0.2) is 12.2 Å². The molecule has 0 saturated carbocycles. The van der Waals surface area contributed by atoms with Gasteiger partial charge in [-0.1, -0.05) is 52.8 Å². The van der Waals surface area contributed by atoms with Crippen molar-refractivity contribution in [1.29, 1.82) is 0 Å². The highest BCUT2D eigenvalue weighted by molar-refractivity contribution is 8.14. The van der Waals surface area contributed by atoms with E-state index in [-0.39, 0.29) is 23.1 Å². The number of benzene rings is 2. The van der Waals surface area contributed by atoms with Crippen molar-refractivity contribution in [3.63, 3.8) is 0 Å². The molecule has 1 aromatic heterocycles. The molecule has 3 aromatic rings. The summed E-state index contributed by atoms with van der Waals surface area (Å²) < 4.78 is 11.5. The fourth-order valence-corrected chi connectivity index (χ4v) is 4.15. The number of aromatic amines is 1. The first-order valence-electron chi connectivity index (χ1n) is 10.1. The third-order valence-electron chi connectivity index (χ3n) is 4.76. The Labute approximate surface area is 193 Å². The summed E-state index contributed by atoms with van der Waals surface area (Å²) in [6.07, 6.45) is 1.67. The van der Waals surface area contributed by atoms with Gasteiger partial charge in [0, 0.05) is 5.56 Å². The van der Waals surface area contributed by atoms with Gasteiger partial charge in [0.05, 0.1) is 18.0 Å². The van der Waals surface area contributed by atoms with E-state index in [0.717, 1.165) is 17.3 Å². The molecule has 0 unspecified atom stereocenters. The number of aromatic nitrogens is 2. The molecule has 0 atom stereocenters. The van der Waals surface area contributed by atoms with Crippen molar-refractivity contribution in [3.05, 3.63) is 82.0 Å². The number of aliphatic imine (C=N–C) groups is 1. The van der Waals surface area contributed by atoms with Crippen molar-refractivity contribution >= 4 is 40.4 Å². The minimum Gasteiger partial charge on any atom is -0.493 e. The van der Waals surface area contributed by atoms with E-state index in [1.807, 2.05) is 49.4 Å². The average molecular weight is 466 g/mol. The highest BCUT2D eigenvalue weighted by Crippen LogP contribution is 2.31. The predicted octanol–water partition coefficient (Wildman–Crippen LogP) is 2.55. The number of carbonyl (C=O) groups excluding carboxylic acids is 2. The van der Waals surface area contributed by atoms with Crippen LogP contribution in [0, 0.1) is 0 Å². The maximum Gasteiger partial charge on any atom is 0.438 e. The second-order valence-electron chi connectivity index (χ2n) is 6.97. The Bertz CT molecular complexity index is 1310. The number of H-pyrrole nitrogens is 1. The Kier molecular flexibility index (Phi) is 6.55. The lowest BCUT2D eigenvalue weighted by atomic mass is 10.1. The van der Waals surface area contributed by atoms with Crippen LogP contribution in [0.25, 0.3) is 6.08 Å². The van der Waals surface area contributed by atoms with Crippen LogP contribution in [0.3, 0.4) is 0 Å². The third kappa shape index (κ3) is 4.65. The van der Waals surface area contributed by atoms with Gasteiger partial charge in [-0.2, -0.15) is 0 Å². The highest BCUT2D eigenvalue weighted by atomic mass is 32.2. The van der Waals surface area contributed by atoms with E-state index in [0.29, 0.717) is 23.2 Å². The minimum absolute atomic E-state index is 0.102. The van der Waals surface area contributed by atoms with E-state index < -0.39 is 11.4 Å². The number of rotatable bonds is 7. The molecule has 2 heterocycles. The lowest BCUT2D eigenvalue weighted by Gasteiger charge is -2.17. The molecule has 2 aromatic carbocycles. The third-order valence-corrected chi connectivity index (χ3v) is 5.69. The molecule has 1 N–H and O–H groups in total. The summed E-state index contributed by atoms with van der Waals surface area (Å²) in [6, 6.07) is 16.4. The second kappa shape index (κ2) is 9.70. The summed E-state index contributed by atoms with van der Waals surface area (Å²) >= 11 is 1.07. The lowest BCUT2D eigenvalue weighted by molar-refractivity contribution is -0.741. The fourth-order valence-electron chi connectivity index (χ4n) is 3.27. The fraction of sp³-hybridized carbons (Fsp3) is 0.174. The summed E-state index contributed by atoms with van der Waals surface area (Å²) in [5.74, 6) is -0.229. The Hall–Kier alpha value is -3.92. The van der Waals surface area contributed by atoms with Crippen LogP contribution in [-0.4, -0.2) is 34.5 Å². The van der Waals surface area contributed by atoms with Crippen molar-refractivity contribution in [2.45, 2.75) is 6.92 Å². The second-order valence-corrected chi connectivity index (χ2v) is 7.91. The number of hydrogen-bond donors (Lipinski definition) is 1. The monoisotopic (exact) mass is 465 g/mol. The van der Waals surface area contributed by atoms with E-state index in [1.54, 1.807) is 18.2 Å². The van der Waals surface area contributed by atoms with Gasteiger partial charge in [-0.05, 0) is 36.5 Å². The number of thioether (sulfide) groups is 1. The van der Waals surface area contributed by atoms with Crippen molar-refractivity contribution < 1.29 is 23.5 Å². The van der Waals surface area contributed by atoms with Gasteiger partial charge >= 0.3 is 11.3 Å². The van der Waals surface area contributed by atoms with Crippen LogP contribution >= 0.6 is 11.8 Å². The average Bonchev–Trinajstić information content (AvgIpc) is 3.32. The SMILES string of the molecule is CCOc1ccccc1/C=C1/N=C(SCC(=O)c2c(=O)o[nH][n+]2C)N(c2ccccc2)C1=O. The molecule has 0 saturated heterocycles. The Balaban J connectivity index is 1.67. The molecule has 168 valence electrons. The topological polar surface area (TPSA) is 109 Å². The molecule has 0 bridgehead atoms. The molecular weight excluding hydrogens is 444 g/mol. The van der Waals surface area contributed by atoms with Gasteiger partial charge in [-0.15, -0.1) is 0 Å². The van der Waals surface area contributed by atoms with E-state index >= 15 is 0 Å². The smallest absolute Gasteiger partial charge is 0.438 e. The number of hydrogen-bond acceptors (Lipinski definition) is 7. The molecule has 1 amide bonds. The van der Waals surface area contributed by atoms with Crippen molar-refractivity contribution in [1.82, 2.24) is 5.27 Å². The van der Waals surface area contributed by atoms with Gasteiger partial charge in [0.2, 0.25) is 5.78 Å². The first-order valence-corrected chi connectivity index (χ1v) is 11.1. The number of nitrogens with one attached hydrogen (secondary N) is 1. The summed E-state index contributed by atoms with van der Waals surface area (Å²) in [5.41, 5.74) is 0.696. The van der Waals surface area contributed by atoms with Gasteiger partial charge < -0.3 is 4.74 Å². The van der Waals surface area contributed by atoms with E-state index in [4.69, 9.17) is 4.74 Å². The van der Waals surface area contributed by atoms with Crippen LogP contribution < -0.4 is 19.9 Å². The number of para-hydroxylation sites is 2.